The fourth-order valence-electron chi connectivity index (χ4n) is 1.41. The molecule has 9 heteroatoms. The minimum atomic E-state index is -1.10. The van der Waals surface area contributed by atoms with E-state index >= 15 is 0 Å². The van der Waals surface area contributed by atoms with Gasteiger partial charge in [0, 0.05) is 18.2 Å². The van der Waals surface area contributed by atoms with Crippen molar-refractivity contribution in [2.24, 2.45) is 5.73 Å². The van der Waals surface area contributed by atoms with Crippen LogP contribution in [0.1, 0.15) is 10.4 Å². The summed E-state index contributed by atoms with van der Waals surface area (Å²) in [6.45, 7) is -0.258. The summed E-state index contributed by atoms with van der Waals surface area (Å²) in [6.07, 6.45) is 0. The largest absolute Gasteiger partial charge is 0.480 e. The number of aliphatic carboxylic acids is 1. The van der Waals surface area contributed by atoms with Crippen molar-refractivity contribution in [3.63, 3.8) is 0 Å². The predicted octanol–water partition coefficient (Wildman–Crippen LogP) is 0.207. The first kappa shape index (κ1) is 15.4. The fraction of sp³-hybridized carbons (Fsp3) is 0.273. The van der Waals surface area contributed by atoms with E-state index in [9.17, 15) is 19.7 Å². The Balaban J connectivity index is 2.70. The van der Waals surface area contributed by atoms with Crippen LogP contribution in [0.2, 0.25) is 0 Å². The number of hydrogen-bond donors (Lipinski definition) is 3. The molecular formula is C11H13N3O6. The van der Waals surface area contributed by atoms with Gasteiger partial charge in [0.15, 0.2) is 0 Å². The fourth-order valence-corrected chi connectivity index (χ4v) is 1.41. The average molecular weight is 283 g/mol. The molecule has 1 amide bonds. The SMILES string of the molecule is NC(=O)c1ccc([N+](=O)[O-])c(NCCOCC(=O)O)c1. The minimum Gasteiger partial charge on any atom is -0.480 e. The van der Waals surface area contributed by atoms with Gasteiger partial charge in [-0.1, -0.05) is 0 Å². The van der Waals surface area contributed by atoms with Gasteiger partial charge < -0.3 is 20.9 Å². The van der Waals surface area contributed by atoms with Gasteiger partial charge in [0.25, 0.3) is 5.69 Å². The number of carboxylic acids is 1. The van der Waals surface area contributed by atoms with E-state index in [0.717, 1.165) is 0 Å². The Bertz CT molecular complexity index is 531. The van der Waals surface area contributed by atoms with E-state index in [1.807, 2.05) is 0 Å². The molecule has 0 saturated heterocycles. The zero-order valence-electron chi connectivity index (χ0n) is 10.4. The summed E-state index contributed by atoms with van der Waals surface area (Å²) in [6, 6.07) is 3.69. The normalized spacial score (nSPS) is 10.0. The van der Waals surface area contributed by atoms with E-state index in [2.05, 4.69) is 5.32 Å². The van der Waals surface area contributed by atoms with Gasteiger partial charge in [0.2, 0.25) is 5.91 Å². The number of primary amides is 1. The predicted molar refractivity (Wildman–Crippen MR) is 68.6 cm³/mol. The second-order valence-corrected chi connectivity index (χ2v) is 3.73. The molecule has 0 unspecified atom stereocenters. The number of nitrogens with two attached hydrogens (primary N) is 1. The number of carbonyl (C=O) groups excluding carboxylic acids is 1. The van der Waals surface area contributed by atoms with Gasteiger partial charge in [-0.2, -0.15) is 0 Å². The summed E-state index contributed by atoms with van der Waals surface area (Å²) in [5.74, 6) is -1.81. The Hall–Kier alpha value is -2.68. The van der Waals surface area contributed by atoms with Crippen LogP contribution in [-0.4, -0.2) is 41.7 Å². The Morgan fingerprint density at radius 3 is 2.70 bits per heavy atom. The van der Waals surface area contributed by atoms with Crippen molar-refractivity contribution >= 4 is 23.3 Å². The third-order valence-corrected chi connectivity index (χ3v) is 2.27. The molecule has 9 nitrogen and oxygen atoms in total. The van der Waals surface area contributed by atoms with Crippen molar-refractivity contribution in [3.8, 4) is 0 Å². The molecule has 0 saturated carbocycles. The highest BCUT2D eigenvalue weighted by Crippen LogP contribution is 2.25. The van der Waals surface area contributed by atoms with Crippen LogP contribution in [0.5, 0.6) is 0 Å². The number of nitrogens with zero attached hydrogens (tertiary/aromatic N) is 1. The molecule has 0 aliphatic carbocycles. The molecule has 0 bridgehead atoms. The summed E-state index contributed by atoms with van der Waals surface area (Å²) in [7, 11) is 0. The van der Waals surface area contributed by atoms with Crippen molar-refractivity contribution in [1.29, 1.82) is 0 Å². The number of nitro benzene ring substituents is 1. The first-order valence-electron chi connectivity index (χ1n) is 5.53. The van der Waals surface area contributed by atoms with Gasteiger partial charge in [-0.05, 0) is 12.1 Å². The number of nitro groups is 1. The molecule has 0 fully saturated rings. The second-order valence-electron chi connectivity index (χ2n) is 3.73. The lowest BCUT2D eigenvalue weighted by Gasteiger charge is -2.08. The first-order chi connectivity index (χ1) is 9.41. The van der Waals surface area contributed by atoms with Gasteiger partial charge in [0.05, 0.1) is 11.5 Å². The molecule has 20 heavy (non-hydrogen) atoms. The summed E-state index contributed by atoms with van der Waals surface area (Å²) >= 11 is 0. The highest BCUT2D eigenvalue weighted by molar-refractivity contribution is 5.94. The van der Waals surface area contributed by atoms with Crippen LogP contribution >= 0.6 is 0 Å². The van der Waals surface area contributed by atoms with Crippen molar-refractivity contribution in [3.05, 3.63) is 33.9 Å². The third-order valence-electron chi connectivity index (χ3n) is 2.27. The molecule has 1 aromatic rings. The lowest BCUT2D eigenvalue weighted by Crippen LogP contribution is -2.16. The topological polar surface area (TPSA) is 145 Å². The number of carbonyl (C=O) groups is 2. The molecule has 0 heterocycles. The average Bonchev–Trinajstić information content (AvgIpc) is 2.37. The van der Waals surface area contributed by atoms with Crippen LogP contribution in [0.15, 0.2) is 18.2 Å². The molecule has 0 aliphatic rings. The molecule has 4 N–H and O–H groups in total. The van der Waals surface area contributed by atoms with E-state index in [-0.39, 0.29) is 30.1 Å². The smallest absolute Gasteiger partial charge is 0.329 e. The van der Waals surface area contributed by atoms with E-state index in [4.69, 9.17) is 15.6 Å². The van der Waals surface area contributed by atoms with Gasteiger partial charge in [0.1, 0.15) is 12.3 Å². The lowest BCUT2D eigenvalue weighted by molar-refractivity contribution is -0.384. The standard InChI is InChI=1S/C11H13N3O6/c12-11(17)7-1-2-9(14(18)19)8(5-7)13-3-4-20-6-10(15)16/h1-2,5,13H,3-4,6H2,(H2,12,17)(H,15,16). The quantitative estimate of drug-likeness (QED) is 0.351. The number of carboxylic acid groups (broad SMARTS) is 1. The zero-order valence-corrected chi connectivity index (χ0v) is 10.4. The van der Waals surface area contributed by atoms with Crippen LogP contribution in [0, 0.1) is 10.1 Å². The van der Waals surface area contributed by atoms with Crippen LogP contribution in [0.25, 0.3) is 0 Å². The van der Waals surface area contributed by atoms with Crippen LogP contribution in [0.4, 0.5) is 11.4 Å². The second kappa shape index (κ2) is 7.04. The van der Waals surface area contributed by atoms with E-state index < -0.39 is 23.4 Å². The molecule has 0 spiro atoms. The maximum absolute atomic E-state index is 11.0. The molecular weight excluding hydrogens is 270 g/mol. The summed E-state index contributed by atoms with van der Waals surface area (Å²) in [5.41, 5.74) is 5.12. The van der Waals surface area contributed by atoms with Crippen molar-refractivity contribution in [2.75, 3.05) is 25.1 Å². The van der Waals surface area contributed by atoms with E-state index in [1.54, 1.807) is 0 Å². The monoisotopic (exact) mass is 283 g/mol. The molecule has 0 aromatic heterocycles. The number of anilines is 1. The highest BCUT2D eigenvalue weighted by atomic mass is 16.6. The number of ether oxygens (including phenoxy) is 1. The van der Waals surface area contributed by atoms with Crippen LogP contribution in [0.3, 0.4) is 0 Å². The molecule has 0 radical (unpaired) electrons. The summed E-state index contributed by atoms with van der Waals surface area (Å²) in [4.78, 5) is 31.4. The Labute approximate surface area is 113 Å². The third kappa shape index (κ3) is 4.53. The maximum atomic E-state index is 11.0. The molecule has 0 aliphatic heterocycles. The van der Waals surface area contributed by atoms with E-state index in [0.29, 0.717) is 0 Å². The van der Waals surface area contributed by atoms with Gasteiger partial charge in [-0.25, -0.2) is 4.79 Å². The van der Waals surface area contributed by atoms with E-state index in [1.165, 1.54) is 18.2 Å². The van der Waals surface area contributed by atoms with Crippen molar-refractivity contribution in [2.45, 2.75) is 0 Å². The Morgan fingerprint density at radius 2 is 2.15 bits per heavy atom. The zero-order chi connectivity index (χ0) is 15.1. The van der Waals surface area contributed by atoms with Gasteiger partial charge in [-0.3, -0.25) is 14.9 Å². The molecule has 1 rings (SSSR count). The molecule has 1 aromatic carbocycles. The first-order valence-corrected chi connectivity index (χ1v) is 5.53. The maximum Gasteiger partial charge on any atom is 0.329 e. The molecule has 0 atom stereocenters. The number of nitrogens with one attached hydrogen (secondary N) is 1. The van der Waals surface area contributed by atoms with Gasteiger partial charge in [-0.15, -0.1) is 0 Å². The number of benzene rings is 1. The van der Waals surface area contributed by atoms with Gasteiger partial charge >= 0.3 is 5.97 Å². The van der Waals surface area contributed by atoms with Crippen molar-refractivity contribution < 1.29 is 24.4 Å². The lowest BCUT2D eigenvalue weighted by atomic mass is 10.1. The van der Waals surface area contributed by atoms with Crippen molar-refractivity contribution in [1.82, 2.24) is 0 Å². The Morgan fingerprint density at radius 1 is 1.45 bits per heavy atom. The van der Waals surface area contributed by atoms with Crippen LogP contribution in [-0.2, 0) is 9.53 Å². The highest BCUT2D eigenvalue weighted by Gasteiger charge is 2.15. The number of hydrogen-bond acceptors (Lipinski definition) is 6. The Kier molecular flexibility index (Phi) is 5.42. The van der Waals surface area contributed by atoms with Crippen LogP contribution < -0.4 is 11.1 Å². The summed E-state index contributed by atoms with van der Waals surface area (Å²) < 4.78 is 4.77. The minimum absolute atomic E-state index is 0.0459. The summed E-state index contributed by atoms with van der Waals surface area (Å²) in [5, 5.41) is 21.9. The number of amides is 1. The molecule has 108 valence electrons. The number of rotatable bonds is 8.